The second kappa shape index (κ2) is 7.88. The lowest BCUT2D eigenvalue weighted by molar-refractivity contribution is 0.0257. The van der Waals surface area contributed by atoms with Gasteiger partial charge in [-0.2, -0.15) is 0 Å². The highest BCUT2D eigenvalue weighted by atomic mass is 79.9. The first-order chi connectivity index (χ1) is 10.4. The first-order valence-corrected chi connectivity index (χ1v) is 9.03. The van der Waals surface area contributed by atoms with Crippen LogP contribution in [0.1, 0.15) is 6.42 Å². The number of hydrogen-bond acceptors (Lipinski definition) is 1. The van der Waals surface area contributed by atoms with Crippen LogP contribution in [0.3, 0.4) is 0 Å². The predicted molar refractivity (Wildman–Crippen MR) is 97.8 cm³/mol. The van der Waals surface area contributed by atoms with E-state index in [0.717, 1.165) is 19.1 Å². The summed E-state index contributed by atoms with van der Waals surface area (Å²) in [6, 6.07) is 15.4. The van der Waals surface area contributed by atoms with Gasteiger partial charge in [-0.3, -0.25) is 0 Å². The van der Waals surface area contributed by atoms with Gasteiger partial charge in [0.05, 0.1) is 6.54 Å². The topological polar surface area (TPSA) is 3.24 Å². The maximum Gasteiger partial charge on any atom is 0.266 e. The molecule has 0 saturated carbocycles. The molecule has 0 unspecified atom stereocenters. The van der Waals surface area contributed by atoms with Crippen LogP contribution in [0.15, 0.2) is 61.9 Å². The van der Waals surface area contributed by atoms with Crippen LogP contribution in [0, 0.1) is 0 Å². The fourth-order valence-corrected chi connectivity index (χ4v) is 3.58. The average Bonchev–Trinajstić information content (AvgIpc) is 2.80. The first kappa shape index (κ1) is 17.9. The highest BCUT2D eigenvalue weighted by molar-refractivity contribution is 9.11. The van der Waals surface area contributed by atoms with Crippen LogP contribution in [0.4, 0.5) is 14.5 Å². The predicted octanol–water partition coefficient (Wildman–Crippen LogP) is 6.51. The maximum atomic E-state index is 12.9. The molecule has 0 N–H and O–H groups in total. The van der Waals surface area contributed by atoms with Crippen LogP contribution >= 0.6 is 47.8 Å². The lowest BCUT2D eigenvalue weighted by Crippen LogP contribution is -2.24. The van der Waals surface area contributed by atoms with Crippen LogP contribution in [-0.2, 0) is 0 Å². The molecule has 0 atom stereocenters. The van der Waals surface area contributed by atoms with Crippen LogP contribution < -0.4 is 4.90 Å². The van der Waals surface area contributed by atoms with E-state index in [2.05, 4.69) is 47.8 Å². The summed E-state index contributed by atoms with van der Waals surface area (Å²) in [5, 5.41) is 0. The van der Waals surface area contributed by atoms with E-state index in [9.17, 15) is 8.78 Å². The molecule has 1 aliphatic rings. The van der Waals surface area contributed by atoms with E-state index in [1.807, 2.05) is 48.5 Å². The smallest absolute Gasteiger partial charge is 0.266 e. The monoisotopic (exact) mass is 495 g/mol. The van der Waals surface area contributed by atoms with Crippen LogP contribution in [0.5, 0.6) is 0 Å². The Morgan fingerprint density at radius 3 is 1.82 bits per heavy atom. The first-order valence-electron chi connectivity index (χ1n) is 6.65. The van der Waals surface area contributed by atoms with Gasteiger partial charge in [-0.1, -0.05) is 59.9 Å². The Balaban J connectivity index is 0.000000188. The Morgan fingerprint density at radius 2 is 1.41 bits per heavy atom. The lowest BCUT2D eigenvalue weighted by atomic mass is 10.3. The second-order valence-electron chi connectivity index (χ2n) is 4.95. The Kier molecular flexibility index (Phi) is 6.41. The number of benzene rings is 2. The molecule has 22 heavy (non-hydrogen) atoms. The summed E-state index contributed by atoms with van der Waals surface area (Å²) in [6.07, 6.45) is -0.0421. The van der Waals surface area contributed by atoms with E-state index >= 15 is 0 Å². The minimum absolute atomic E-state index is 0.0421. The molecule has 1 heterocycles. The SMILES string of the molecule is Brc1cccc(Br)c1.FC1(F)CCN(c2cccc(Br)c2)C1. The summed E-state index contributed by atoms with van der Waals surface area (Å²) in [7, 11) is 0. The molecule has 0 radical (unpaired) electrons. The van der Waals surface area contributed by atoms with E-state index in [4.69, 9.17) is 0 Å². The third-order valence-corrected chi connectivity index (χ3v) is 4.61. The molecule has 1 aliphatic heterocycles. The second-order valence-corrected chi connectivity index (χ2v) is 7.69. The van der Waals surface area contributed by atoms with Crippen LogP contribution in [0.25, 0.3) is 0 Å². The molecule has 0 spiro atoms. The molecule has 0 bridgehead atoms. The molecule has 1 nitrogen and oxygen atoms in total. The molecule has 118 valence electrons. The molecule has 0 amide bonds. The Labute approximate surface area is 154 Å². The molecular weight excluding hydrogens is 484 g/mol. The van der Waals surface area contributed by atoms with Crippen molar-refractivity contribution < 1.29 is 8.78 Å². The van der Waals surface area contributed by atoms with Crippen molar-refractivity contribution >= 4 is 53.5 Å². The van der Waals surface area contributed by atoms with Crippen molar-refractivity contribution in [1.82, 2.24) is 0 Å². The summed E-state index contributed by atoms with van der Waals surface area (Å²) in [6.45, 7) is 0.271. The summed E-state index contributed by atoms with van der Waals surface area (Å²) < 4.78 is 29.0. The number of nitrogens with zero attached hydrogens (tertiary/aromatic N) is 1. The number of hydrogen-bond donors (Lipinski definition) is 0. The van der Waals surface area contributed by atoms with E-state index < -0.39 is 5.92 Å². The number of rotatable bonds is 1. The average molecular weight is 498 g/mol. The minimum Gasteiger partial charge on any atom is -0.365 e. The van der Waals surface area contributed by atoms with E-state index in [1.54, 1.807) is 4.90 Å². The number of alkyl halides is 2. The van der Waals surface area contributed by atoms with Crippen molar-refractivity contribution in [3.8, 4) is 0 Å². The van der Waals surface area contributed by atoms with Gasteiger partial charge in [-0.25, -0.2) is 8.78 Å². The lowest BCUT2D eigenvalue weighted by Gasteiger charge is -2.18. The van der Waals surface area contributed by atoms with Crippen molar-refractivity contribution in [2.24, 2.45) is 0 Å². The van der Waals surface area contributed by atoms with Gasteiger partial charge in [0.2, 0.25) is 0 Å². The van der Waals surface area contributed by atoms with Gasteiger partial charge >= 0.3 is 0 Å². The molecule has 6 heteroatoms. The Bertz CT molecular complexity index is 617. The molecular formula is C16H14Br3F2N. The largest absolute Gasteiger partial charge is 0.365 e. The zero-order valence-corrected chi connectivity index (χ0v) is 16.3. The quantitative estimate of drug-likeness (QED) is 0.434. The highest BCUT2D eigenvalue weighted by Crippen LogP contribution is 2.31. The molecule has 1 saturated heterocycles. The minimum atomic E-state index is -2.53. The zero-order chi connectivity index (χ0) is 16.2. The standard InChI is InChI=1S/C10H10BrF2N.C6H4Br2/c11-8-2-1-3-9(6-8)14-5-4-10(12,13)7-14;7-5-2-1-3-6(8)4-5/h1-3,6H,4-5,7H2;1-4H. The van der Waals surface area contributed by atoms with Crippen molar-refractivity contribution in [3.05, 3.63) is 61.9 Å². The third kappa shape index (κ3) is 5.63. The molecule has 1 fully saturated rings. The van der Waals surface area contributed by atoms with Gasteiger partial charge in [0, 0.05) is 32.1 Å². The molecule has 0 aromatic heterocycles. The summed E-state index contributed by atoms with van der Waals surface area (Å²) in [4.78, 5) is 1.71. The van der Waals surface area contributed by atoms with Gasteiger partial charge in [0.1, 0.15) is 0 Å². The molecule has 2 aromatic rings. The highest BCUT2D eigenvalue weighted by Gasteiger charge is 2.38. The van der Waals surface area contributed by atoms with Gasteiger partial charge in [-0.05, 0) is 36.4 Å². The van der Waals surface area contributed by atoms with Crippen LogP contribution in [0.2, 0.25) is 0 Å². The summed E-state index contributed by atoms with van der Waals surface area (Å²) >= 11 is 9.99. The van der Waals surface area contributed by atoms with Gasteiger partial charge in [-0.15, -0.1) is 0 Å². The van der Waals surface area contributed by atoms with Crippen molar-refractivity contribution in [2.45, 2.75) is 12.3 Å². The summed E-state index contributed by atoms with van der Waals surface area (Å²) in [5.74, 6) is -2.53. The number of halogens is 5. The Morgan fingerprint density at radius 1 is 0.864 bits per heavy atom. The van der Waals surface area contributed by atoms with E-state index in [0.29, 0.717) is 6.54 Å². The van der Waals surface area contributed by atoms with Gasteiger partial charge in [0.25, 0.3) is 5.92 Å². The Hall–Kier alpha value is -0.460. The number of anilines is 1. The zero-order valence-electron chi connectivity index (χ0n) is 11.6. The normalized spacial score (nSPS) is 16.1. The van der Waals surface area contributed by atoms with Crippen molar-refractivity contribution in [3.63, 3.8) is 0 Å². The van der Waals surface area contributed by atoms with Crippen molar-refractivity contribution in [1.29, 1.82) is 0 Å². The third-order valence-electron chi connectivity index (χ3n) is 3.13. The fourth-order valence-electron chi connectivity index (χ4n) is 2.09. The molecule has 2 aromatic carbocycles. The van der Waals surface area contributed by atoms with Crippen LogP contribution in [-0.4, -0.2) is 19.0 Å². The maximum absolute atomic E-state index is 12.9. The molecule has 0 aliphatic carbocycles. The molecule has 3 rings (SSSR count). The summed E-state index contributed by atoms with van der Waals surface area (Å²) in [5.41, 5.74) is 0.858. The van der Waals surface area contributed by atoms with Crippen molar-refractivity contribution in [2.75, 3.05) is 18.0 Å². The van der Waals surface area contributed by atoms with Gasteiger partial charge < -0.3 is 4.90 Å². The van der Waals surface area contributed by atoms with E-state index in [1.165, 1.54) is 0 Å². The fraction of sp³-hybridized carbons (Fsp3) is 0.250. The van der Waals surface area contributed by atoms with E-state index in [-0.39, 0.29) is 13.0 Å². The van der Waals surface area contributed by atoms with Gasteiger partial charge in [0.15, 0.2) is 0 Å².